The molecule has 0 unspecified atom stereocenters. The predicted octanol–water partition coefficient (Wildman–Crippen LogP) is -0.202. The lowest BCUT2D eigenvalue weighted by Crippen LogP contribution is -1.75. The van der Waals surface area contributed by atoms with E-state index < -0.39 is 7.69 Å². The van der Waals surface area contributed by atoms with Gasteiger partial charge >= 0.3 is 7.69 Å². The van der Waals surface area contributed by atoms with E-state index in [2.05, 4.69) is 0 Å². The van der Waals surface area contributed by atoms with Gasteiger partial charge in [-0.15, -0.1) is 11.3 Å². The zero-order valence-electron chi connectivity index (χ0n) is 5.23. The van der Waals surface area contributed by atoms with Crippen LogP contribution in [-0.2, 0) is 0 Å². The van der Waals surface area contributed by atoms with Gasteiger partial charge in [0.15, 0.2) is 6.29 Å². The van der Waals surface area contributed by atoms with E-state index in [1.807, 2.05) is 11.4 Å². The van der Waals surface area contributed by atoms with Gasteiger partial charge in [0.25, 0.3) is 0 Å². The Morgan fingerprint density at radius 3 is 2.40 bits per heavy atom. The summed E-state index contributed by atoms with van der Waals surface area (Å²) in [7, 11) is -0.750. The van der Waals surface area contributed by atoms with Gasteiger partial charge in [-0.05, 0) is 11.4 Å². The largest absolute Gasteiger partial charge is 0.432 e. The van der Waals surface area contributed by atoms with Gasteiger partial charge in [0.1, 0.15) is 0 Å². The molecule has 1 aromatic rings. The van der Waals surface area contributed by atoms with E-state index in [1.165, 1.54) is 11.3 Å². The molecule has 0 aliphatic heterocycles. The molecule has 2 N–H and O–H groups in total. The van der Waals surface area contributed by atoms with Crippen molar-refractivity contribution in [3.05, 3.63) is 22.4 Å². The van der Waals surface area contributed by atoms with E-state index in [0.717, 1.165) is 11.2 Å². The molecule has 1 rings (SSSR count). The Hall–Kier alpha value is -0.645. The molecule has 1 heterocycles. The molecule has 1 aromatic heterocycles. The lowest BCUT2D eigenvalue weighted by Gasteiger charge is -1.66. The third-order valence-electron chi connectivity index (χ3n) is 0.659. The highest BCUT2D eigenvalue weighted by Crippen LogP contribution is 2.03. The van der Waals surface area contributed by atoms with Crippen LogP contribution in [-0.4, -0.2) is 24.0 Å². The van der Waals surface area contributed by atoms with E-state index in [4.69, 9.17) is 10.0 Å². The van der Waals surface area contributed by atoms with Crippen LogP contribution in [0.4, 0.5) is 0 Å². The average molecular weight is 158 g/mol. The molecule has 0 spiro atoms. The highest BCUT2D eigenvalue weighted by Gasteiger charge is 1.82. The van der Waals surface area contributed by atoms with Crippen molar-refractivity contribution in [2.24, 2.45) is 0 Å². The van der Waals surface area contributed by atoms with Crippen LogP contribution < -0.4 is 0 Å². The summed E-state index contributed by atoms with van der Waals surface area (Å²) in [4.78, 5) is 10.7. The number of thiophene rings is 1. The SMILES string of the molecule is O=Cc1cccs1.OBO. The molecule has 0 fully saturated rings. The fourth-order valence-corrected chi connectivity index (χ4v) is 0.885. The molecule has 54 valence electrons. The van der Waals surface area contributed by atoms with Crippen LogP contribution in [0.2, 0.25) is 0 Å². The van der Waals surface area contributed by atoms with Crippen LogP contribution in [0.5, 0.6) is 0 Å². The first-order valence-corrected chi connectivity index (χ1v) is 3.43. The first-order chi connectivity index (χ1) is 4.85. The van der Waals surface area contributed by atoms with E-state index in [-0.39, 0.29) is 0 Å². The first-order valence-electron chi connectivity index (χ1n) is 2.55. The zero-order chi connectivity index (χ0) is 7.82. The highest BCUT2D eigenvalue weighted by molar-refractivity contribution is 7.11. The Labute approximate surface area is 63.2 Å². The summed E-state index contributed by atoms with van der Waals surface area (Å²) in [6.45, 7) is 0. The van der Waals surface area contributed by atoms with Crippen molar-refractivity contribution >= 4 is 25.3 Å². The minimum absolute atomic E-state index is 0.750. The fourth-order valence-electron chi connectivity index (χ4n) is 0.358. The minimum Gasteiger partial charge on any atom is -0.430 e. The van der Waals surface area contributed by atoms with Crippen molar-refractivity contribution in [2.75, 3.05) is 0 Å². The maximum atomic E-state index is 9.88. The monoisotopic (exact) mass is 158 g/mol. The van der Waals surface area contributed by atoms with Gasteiger partial charge < -0.3 is 10.0 Å². The third kappa shape index (κ3) is 4.26. The second-order valence-electron chi connectivity index (χ2n) is 1.27. The molecule has 0 aliphatic carbocycles. The number of carbonyl (C=O) groups excluding carboxylic acids is 1. The van der Waals surface area contributed by atoms with Crippen LogP contribution in [0.3, 0.4) is 0 Å². The van der Waals surface area contributed by atoms with Gasteiger partial charge in [-0.25, -0.2) is 0 Å². The smallest absolute Gasteiger partial charge is 0.430 e. The predicted molar refractivity (Wildman–Crippen MR) is 41.3 cm³/mol. The molecule has 0 radical (unpaired) electrons. The number of carbonyl (C=O) groups is 1. The number of hydrogen-bond acceptors (Lipinski definition) is 4. The Balaban J connectivity index is 0.000000236. The normalized spacial score (nSPS) is 7.40. The summed E-state index contributed by atoms with van der Waals surface area (Å²) in [5.74, 6) is 0. The van der Waals surface area contributed by atoms with E-state index in [0.29, 0.717) is 0 Å². The van der Waals surface area contributed by atoms with Crippen LogP contribution in [0.15, 0.2) is 17.5 Å². The Morgan fingerprint density at radius 2 is 2.20 bits per heavy atom. The van der Waals surface area contributed by atoms with Crippen molar-refractivity contribution in [3.8, 4) is 0 Å². The molecule has 0 saturated heterocycles. The molecule has 0 amide bonds. The van der Waals surface area contributed by atoms with E-state index in [1.54, 1.807) is 6.07 Å². The topological polar surface area (TPSA) is 57.5 Å². The quantitative estimate of drug-likeness (QED) is 0.439. The van der Waals surface area contributed by atoms with Gasteiger partial charge in [-0.3, -0.25) is 4.79 Å². The molecule has 0 bridgehead atoms. The van der Waals surface area contributed by atoms with Gasteiger partial charge in [0.05, 0.1) is 4.88 Å². The average Bonchev–Trinajstić information content (AvgIpc) is 2.39. The van der Waals surface area contributed by atoms with Crippen LogP contribution in [0.25, 0.3) is 0 Å². The van der Waals surface area contributed by atoms with E-state index >= 15 is 0 Å². The highest BCUT2D eigenvalue weighted by atomic mass is 32.1. The Morgan fingerprint density at radius 1 is 1.60 bits per heavy atom. The summed E-state index contributed by atoms with van der Waals surface area (Å²) in [5, 5.41) is 16.1. The summed E-state index contributed by atoms with van der Waals surface area (Å²) in [6.07, 6.45) is 0.852. The summed E-state index contributed by atoms with van der Waals surface area (Å²) >= 11 is 1.45. The molecule has 0 aromatic carbocycles. The van der Waals surface area contributed by atoms with Gasteiger partial charge in [0.2, 0.25) is 0 Å². The third-order valence-corrected chi connectivity index (χ3v) is 1.46. The summed E-state index contributed by atoms with van der Waals surface area (Å²) < 4.78 is 0. The lowest BCUT2D eigenvalue weighted by molar-refractivity contribution is 0.112. The summed E-state index contributed by atoms with van der Waals surface area (Å²) in [5.41, 5.74) is 0. The Bertz CT molecular complexity index is 163. The fraction of sp³-hybridized carbons (Fsp3) is 0. The van der Waals surface area contributed by atoms with Crippen molar-refractivity contribution in [1.29, 1.82) is 0 Å². The van der Waals surface area contributed by atoms with E-state index in [9.17, 15) is 4.79 Å². The van der Waals surface area contributed by atoms with Crippen LogP contribution in [0.1, 0.15) is 9.67 Å². The number of rotatable bonds is 1. The summed E-state index contributed by atoms with van der Waals surface area (Å²) in [6, 6.07) is 3.64. The second-order valence-corrected chi connectivity index (χ2v) is 2.25. The van der Waals surface area contributed by atoms with Crippen molar-refractivity contribution in [1.82, 2.24) is 0 Å². The molecule has 0 saturated carbocycles. The van der Waals surface area contributed by atoms with Crippen molar-refractivity contribution < 1.29 is 14.8 Å². The van der Waals surface area contributed by atoms with Crippen molar-refractivity contribution in [2.45, 2.75) is 0 Å². The molecule has 0 atom stereocenters. The maximum absolute atomic E-state index is 9.88. The number of hydrogen-bond donors (Lipinski definition) is 2. The lowest BCUT2D eigenvalue weighted by atomic mass is 10.5. The molecule has 0 aliphatic rings. The van der Waals surface area contributed by atoms with Gasteiger partial charge in [-0.1, -0.05) is 6.07 Å². The van der Waals surface area contributed by atoms with Gasteiger partial charge in [-0.2, -0.15) is 0 Å². The molecule has 5 heteroatoms. The first kappa shape index (κ1) is 9.35. The minimum atomic E-state index is -0.750. The number of aldehydes is 1. The maximum Gasteiger partial charge on any atom is 0.432 e. The zero-order valence-corrected chi connectivity index (χ0v) is 6.04. The van der Waals surface area contributed by atoms with Crippen LogP contribution >= 0.6 is 11.3 Å². The standard InChI is InChI=1S/C5H4OS.BH3O2/c6-4-5-2-1-3-7-5;2-1-3/h1-4H;1-3H. The van der Waals surface area contributed by atoms with Crippen molar-refractivity contribution in [3.63, 3.8) is 0 Å². The molecular weight excluding hydrogens is 151 g/mol. The van der Waals surface area contributed by atoms with Crippen LogP contribution in [0, 0.1) is 0 Å². The molecular formula is C5H7BO3S. The molecule has 10 heavy (non-hydrogen) atoms. The molecule has 3 nitrogen and oxygen atoms in total. The van der Waals surface area contributed by atoms with Gasteiger partial charge in [0, 0.05) is 0 Å². The Kier molecular flexibility index (Phi) is 6.06. The second kappa shape index (κ2) is 6.47.